The largest absolute Gasteiger partial charge is 0.422 e. The number of carbonyl (C=O) groups excluding carboxylic acids is 1. The van der Waals surface area contributed by atoms with Crippen LogP contribution in [0, 0.1) is 0 Å². The van der Waals surface area contributed by atoms with Gasteiger partial charge in [0.25, 0.3) is 5.91 Å². The number of hydrogen-bond donors (Lipinski definition) is 1. The Kier molecular flexibility index (Phi) is 5.43. The lowest BCUT2D eigenvalue weighted by Crippen LogP contribution is -2.20. The van der Waals surface area contributed by atoms with Crippen LogP contribution in [0.15, 0.2) is 97.9 Å². The van der Waals surface area contributed by atoms with Gasteiger partial charge in [-0.15, -0.1) is 11.3 Å². The van der Waals surface area contributed by atoms with Crippen LogP contribution in [0.5, 0.6) is 0 Å². The number of anilines is 1. The highest BCUT2D eigenvalue weighted by atomic mass is 79.9. The Bertz CT molecular complexity index is 1490. The van der Waals surface area contributed by atoms with E-state index in [1.807, 2.05) is 47.8 Å². The topological polar surface area (TPSA) is 72.2 Å². The molecule has 0 unspecified atom stereocenters. The zero-order valence-corrected chi connectivity index (χ0v) is 18.9. The van der Waals surface area contributed by atoms with Gasteiger partial charge >= 0.3 is 5.63 Å². The van der Waals surface area contributed by atoms with Crippen molar-refractivity contribution < 1.29 is 9.21 Å². The first-order chi connectivity index (χ1) is 15.6. The van der Waals surface area contributed by atoms with Gasteiger partial charge in [0.15, 0.2) is 5.13 Å². The summed E-state index contributed by atoms with van der Waals surface area (Å²) in [5.41, 5.74) is 3.62. The van der Waals surface area contributed by atoms with Crippen molar-refractivity contribution in [3.8, 4) is 22.4 Å². The monoisotopic (exact) mass is 502 g/mol. The number of nitrogens with one attached hydrogen (secondary N) is 1. The van der Waals surface area contributed by atoms with Crippen LogP contribution in [0.1, 0.15) is 10.4 Å². The molecule has 0 atom stereocenters. The fraction of sp³-hybridized carbons (Fsp3) is 0. The van der Waals surface area contributed by atoms with Gasteiger partial charge in [0.2, 0.25) is 0 Å². The molecule has 0 bridgehead atoms. The number of halogens is 1. The minimum atomic E-state index is -0.689. The van der Waals surface area contributed by atoms with Gasteiger partial charge in [0.1, 0.15) is 11.1 Å². The minimum Gasteiger partial charge on any atom is -0.422 e. The molecule has 0 radical (unpaired) electrons. The normalized spacial score (nSPS) is 10.9. The van der Waals surface area contributed by atoms with Crippen molar-refractivity contribution in [3.05, 3.63) is 105 Å². The fourth-order valence-corrected chi connectivity index (χ4v) is 4.44. The highest BCUT2D eigenvalue weighted by Gasteiger charge is 2.16. The zero-order valence-electron chi connectivity index (χ0n) is 16.5. The smallest absolute Gasteiger partial charge is 0.349 e. The summed E-state index contributed by atoms with van der Waals surface area (Å²) in [5.74, 6) is -0.555. The van der Waals surface area contributed by atoms with Crippen molar-refractivity contribution in [2.45, 2.75) is 0 Å². The van der Waals surface area contributed by atoms with Gasteiger partial charge in [0, 0.05) is 20.8 Å². The molecule has 7 heteroatoms. The molecule has 0 aliphatic carbocycles. The summed E-state index contributed by atoms with van der Waals surface area (Å²) < 4.78 is 6.10. The predicted octanol–water partition coefficient (Wildman–Crippen LogP) is 6.60. The third-order valence-corrected chi connectivity index (χ3v) is 6.20. The average molecular weight is 503 g/mol. The van der Waals surface area contributed by atoms with Crippen LogP contribution < -0.4 is 10.9 Å². The molecule has 0 saturated carbocycles. The second-order valence-corrected chi connectivity index (χ2v) is 8.84. The number of amides is 1. The van der Waals surface area contributed by atoms with Gasteiger partial charge in [-0.2, -0.15) is 0 Å². The van der Waals surface area contributed by atoms with E-state index in [0.717, 1.165) is 26.9 Å². The predicted molar refractivity (Wildman–Crippen MR) is 131 cm³/mol. The molecule has 0 fully saturated rings. The van der Waals surface area contributed by atoms with E-state index in [-0.39, 0.29) is 5.56 Å². The van der Waals surface area contributed by atoms with Crippen molar-refractivity contribution in [1.29, 1.82) is 0 Å². The Morgan fingerprint density at radius 3 is 2.41 bits per heavy atom. The van der Waals surface area contributed by atoms with Crippen LogP contribution >= 0.6 is 27.3 Å². The molecule has 5 nitrogen and oxygen atoms in total. The molecule has 0 aliphatic heterocycles. The molecule has 0 aliphatic rings. The van der Waals surface area contributed by atoms with Crippen LogP contribution in [0.2, 0.25) is 0 Å². The molecule has 32 heavy (non-hydrogen) atoms. The van der Waals surface area contributed by atoms with Crippen LogP contribution in [-0.4, -0.2) is 10.9 Å². The summed E-state index contributed by atoms with van der Waals surface area (Å²) in [6.45, 7) is 0. The van der Waals surface area contributed by atoms with Crippen LogP contribution in [0.25, 0.3) is 33.4 Å². The quantitative estimate of drug-likeness (QED) is 0.281. The number of fused-ring (bicyclic) bond motifs is 1. The summed E-state index contributed by atoms with van der Waals surface area (Å²) >= 11 is 4.68. The Morgan fingerprint density at radius 1 is 0.906 bits per heavy atom. The maximum Gasteiger partial charge on any atom is 0.349 e. The standard InChI is InChI=1S/C25H15BrN2O3S/c26-19-10-11-22-18(12-19)13-20(24(30)31-22)23(29)28-25-27-21(14-32-25)17-8-6-16(7-9-17)15-4-2-1-3-5-15/h1-14H,(H,27,28,29). The third kappa shape index (κ3) is 4.12. The van der Waals surface area contributed by atoms with E-state index in [4.69, 9.17) is 4.42 Å². The fourth-order valence-electron chi connectivity index (χ4n) is 3.34. The maximum atomic E-state index is 12.7. The second-order valence-electron chi connectivity index (χ2n) is 7.07. The summed E-state index contributed by atoms with van der Waals surface area (Å²) in [6.07, 6.45) is 0. The number of rotatable bonds is 4. The summed E-state index contributed by atoms with van der Waals surface area (Å²) in [7, 11) is 0. The van der Waals surface area contributed by atoms with Crippen LogP contribution in [0.4, 0.5) is 5.13 Å². The summed E-state index contributed by atoms with van der Waals surface area (Å²) in [5, 5.41) is 5.63. The minimum absolute atomic E-state index is 0.0698. The molecule has 2 aromatic heterocycles. The van der Waals surface area contributed by atoms with E-state index in [2.05, 4.69) is 38.4 Å². The van der Waals surface area contributed by atoms with Crippen molar-refractivity contribution in [1.82, 2.24) is 4.98 Å². The Morgan fingerprint density at radius 2 is 1.62 bits per heavy atom. The van der Waals surface area contributed by atoms with E-state index in [9.17, 15) is 9.59 Å². The average Bonchev–Trinajstić information content (AvgIpc) is 3.28. The molecule has 0 saturated heterocycles. The third-order valence-electron chi connectivity index (χ3n) is 4.95. The van der Waals surface area contributed by atoms with Crippen molar-refractivity contribution in [2.75, 3.05) is 5.32 Å². The first kappa shape index (κ1) is 20.4. The second kappa shape index (κ2) is 8.53. The Balaban J connectivity index is 1.36. The van der Waals surface area contributed by atoms with Gasteiger partial charge in [-0.3, -0.25) is 10.1 Å². The molecule has 5 rings (SSSR count). The van der Waals surface area contributed by atoms with Crippen LogP contribution in [-0.2, 0) is 0 Å². The first-order valence-corrected chi connectivity index (χ1v) is 11.4. The molecule has 2 heterocycles. The molecular formula is C25H15BrN2O3S. The lowest BCUT2D eigenvalue weighted by molar-refractivity contribution is 0.102. The molecule has 1 N–H and O–H groups in total. The summed E-state index contributed by atoms with van der Waals surface area (Å²) in [4.78, 5) is 29.5. The van der Waals surface area contributed by atoms with Gasteiger partial charge < -0.3 is 4.42 Å². The number of aromatic nitrogens is 1. The number of thiazole rings is 1. The molecule has 156 valence electrons. The molecule has 1 amide bonds. The van der Waals surface area contributed by atoms with Crippen molar-refractivity contribution in [3.63, 3.8) is 0 Å². The van der Waals surface area contributed by atoms with Crippen molar-refractivity contribution >= 4 is 49.3 Å². The van der Waals surface area contributed by atoms with Gasteiger partial charge in [-0.25, -0.2) is 9.78 Å². The van der Waals surface area contributed by atoms with E-state index < -0.39 is 11.5 Å². The first-order valence-electron chi connectivity index (χ1n) is 9.73. The lowest BCUT2D eigenvalue weighted by atomic mass is 10.0. The molecule has 3 aromatic carbocycles. The van der Waals surface area contributed by atoms with E-state index >= 15 is 0 Å². The molecule has 5 aromatic rings. The molecular weight excluding hydrogens is 488 g/mol. The number of benzene rings is 3. The number of hydrogen-bond acceptors (Lipinski definition) is 5. The zero-order chi connectivity index (χ0) is 22.1. The Hall–Kier alpha value is -3.55. The van der Waals surface area contributed by atoms with Crippen LogP contribution in [0.3, 0.4) is 0 Å². The lowest BCUT2D eigenvalue weighted by Gasteiger charge is -2.04. The highest BCUT2D eigenvalue weighted by molar-refractivity contribution is 9.10. The summed E-state index contributed by atoms with van der Waals surface area (Å²) in [6, 6.07) is 25.0. The van der Waals surface area contributed by atoms with Gasteiger partial charge in [-0.1, -0.05) is 70.5 Å². The van der Waals surface area contributed by atoms with E-state index in [1.165, 1.54) is 17.4 Å². The Labute approximate surface area is 195 Å². The van der Waals surface area contributed by atoms with E-state index in [1.54, 1.807) is 18.2 Å². The number of nitrogens with zero attached hydrogens (tertiary/aromatic N) is 1. The SMILES string of the molecule is O=C(Nc1nc(-c2ccc(-c3ccccc3)cc2)cs1)c1cc2cc(Br)ccc2oc1=O. The van der Waals surface area contributed by atoms with Gasteiger partial charge in [-0.05, 0) is 35.4 Å². The maximum absolute atomic E-state index is 12.7. The highest BCUT2D eigenvalue weighted by Crippen LogP contribution is 2.28. The number of carbonyl (C=O) groups is 1. The van der Waals surface area contributed by atoms with Gasteiger partial charge in [0.05, 0.1) is 5.69 Å². The van der Waals surface area contributed by atoms with E-state index in [0.29, 0.717) is 16.1 Å². The molecule has 0 spiro atoms. The van der Waals surface area contributed by atoms with Crippen molar-refractivity contribution in [2.24, 2.45) is 0 Å².